The molecule has 2 rings (SSSR count). The second kappa shape index (κ2) is 6.19. The van der Waals surface area contributed by atoms with Crippen LogP contribution in [0.5, 0.6) is 0 Å². The summed E-state index contributed by atoms with van der Waals surface area (Å²) in [5.41, 5.74) is 7.97. The molecule has 0 spiro atoms. The molecule has 1 aromatic rings. The van der Waals surface area contributed by atoms with Crippen molar-refractivity contribution in [1.29, 1.82) is 0 Å². The lowest BCUT2D eigenvalue weighted by molar-refractivity contribution is -0.149. The number of thioether (sulfide) groups is 1. The van der Waals surface area contributed by atoms with Crippen LogP contribution in [0.25, 0.3) is 0 Å². The van der Waals surface area contributed by atoms with Crippen LogP contribution in [0, 0.1) is 13.8 Å². The van der Waals surface area contributed by atoms with Crippen LogP contribution in [0.1, 0.15) is 37.3 Å². The van der Waals surface area contributed by atoms with E-state index in [0.717, 1.165) is 6.42 Å². The van der Waals surface area contributed by atoms with Crippen LogP contribution in [0.2, 0.25) is 0 Å². The van der Waals surface area contributed by atoms with E-state index < -0.39 is 5.54 Å². The summed E-state index contributed by atoms with van der Waals surface area (Å²) in [6.45, 7) is 6.44. The van der Waals surface area contributed by atoms with Crippen LogP contribution in [0.4, 0.5) is 0 Å². The van der Waals surface area contributed by atoms with E-state index in [4.69, 9.17) is 10.5 Å². The topological polar surface area (TPSA) is 52.3 Å². The van der Waals surface area contributed by atoms with Gasteiger partial charge in [0.25, 0.3) is 0 Å². The molecule has 0 heterocycles. The Balaban J connectivity index is 2.03. The van der Waals surface area contributed by atoms with Crippen LogP contribution < -0.4 is 5.73 Å². The van der Waals surface area contributed by atoms with Gasteiger partial charge in [-0.25, -0.2) is 0 Å². The normalized spacial score (nSPS) is 25.7. The molecule has 1 saturated carbocycles. The Labute approximate surface area is 125 Å². The highest BCUT2D eigenvalue weighted by Gasteiger charge is 2.43. The van der Waals surface area contributed by atoms with Crippen LogP contribution in [0.3, 0.4) is 0 Å². The van der Waals surface area contributed by atoms with Crippen molar-refractivity contribution in [1.82, 2.24) is 0 Å². The van der Waals surface area contributed by atoms with Gasteiger partial charge in [0.2, 0.25) is 0 Å². The molecule has 1 aliphatic rings. The van der Waals surface area contributed by atoms with E-state index in [0.29, 0.717) is 24.7 Å². The number of rotatable bonds is 4. The third-order valence-corrected chi connectivity index (χ3v) is 5.25. The summed E-state index contributed by atoms with van der Waals surface area (Å²) in [5, 5.41) is 0.393. The van der Waals surface area contributed by atoms with E-state index in [1.54, 1.807) is 0 Å². The molecule has 1 aliphatic carbocycles. The minimum absolute atomic E-state index is 0.246. The number of nitrogens with two attached hydrogens (primary N) is 1. The number of hydrogen-bond donors (Lipinski definition) is 1. The number of carbonyl (C=O) groups excluding carboxylic acids is 1. The number of ether oxygens (including phenoxy) is 1. The van der Waals surface area contributed by atoms with E-state index in [1.165, 1.54) is 16.0 Å². The van der Waals surface area contributed by atoms with Crippen LogP contribution >= 0.6 is 11.8 Å². The fraction of sp³-hybridized carbons (Fsp3) is 0.562. The quantitative estimate of drug-likeness (QED) is 0.866. The van der Waals surface area contributed by atoms with Crippen molar-refractivity contribution < 1.29 is 9.53 Å². The number of benzene rings is 1. The summed E-state index contributed by atoms with van der Waals surface area (Å²) in [6, 6.07) is 6.48. The van der Waals surface area contributed by atoms with Gasteiger partial charge < -0.3 is 10.5 Å². The van der Waals surface area contributed by atoms with Crippen molar-refractivity contribution in [3.05, 3.63) is 29.3 Å². The summed E-state index contributed by atoms with van der Waals surface area (Å²) in [5.74, 6) is -0.246. The Kier molecular flexibility index (Phi) is 4.76. The molecule has 4 heteroatoms. The lowest BCUT2D eigenvalue weighted by Crippen LogP contribution is -2.47. The van der Waals surface area contributed by atoms with E-state index in [2.05, 4.69) is 32.0 Å². The Bertz CT molecular complexity index is 503. The van der Waals surface area contributed by atoms with Crippen LogP contribution in [-0.4, -0.2) is 23.4 Å². The molecule has 0 bridgehead atoms. The first-order valence-electron chi connectivity index (χ1n) is 7.14. The molecule has 0 radical (unpaired) electrons. The van der Waals surface area contributed by atoms with Crippen LogP contribution in [0.15, 0.2) is 23.1 Å². The van der Waals surface area contributed by atoms with Gasteiger partial charge in [-0.2, -0.15) is 0 Å². The van der Waals surface area contributed by atoms with E-state index in [1.807, 2.05) is 18.7 Å². The molecule has 2 N–H and O–H groups in total. The van der Waals surface area contributed by atoms with Gasteiger partial charge in [-0.05, 0) is 51.7 Å². The molecule has 0 amide bonds. The third kappa shape index (κ3) is 3.36. The predicted molar refractivity (Wildman–Crippen MR) is 83.0 cm³/mol. The second-order valence-corrected chi connectivity index (χ2v) is 6.97. The average Bonchev–Trinajstić information content (AvgIpc) is 2.77. The van der Waals surface area contributed by atoms with Gasteiger partial charge in [-0.3, -0.25) is 4.79 Å². The van der Waals surface area contributed by atoms with Crippen molar-refractivity contribution in [3.8, 4) is 0 Å². The number of aryl methyl sites for hydroxylation is 2. The summed E-state index contributed by atoms with van der Waals surface area (Å²) in [6.07, 6.45) is 2.38. The van der Waals surface area contributed by atoms with E-state index in [9.17, 15) is 4.79 Å². The molecule has 2 unspecified atom stereocenters. The zero-order chi connectivity index (χ0) is 14.8. The maximum absolute atomic E-state index is 11.9. The molecule has 0 aliphatic heterocycles. The Morgan fingerprint density at radius 1 is 1.50 bits per heavy atom. The van der Waals surface area contributed by atoms with Gasteiger partial charge in [-0.1, -0.05) is 17.7 Å². The zero-order valence-corrected chi connectivity index (χ0v) is 13.3. The minimum Gasteiger partial charge on any atom is -0.465 e. The molecular weight excluding hydrogens is 270 g/mol. The van der Waals surface area contributed by atoms with Crippen molar-refractivity contribution in [3.63, 3.8) is 0 Å². The summed E-state index contributed by atoms with van der Waals surface area (Å²) >= 11 is 1.84. The third-order valence-electron chi connectivity index (χ3n) is 3.82. The lowest BCUT2D eigenvalue weighted by Gasteiger charge is -2.21. The fourth-order valence-electron chi connectivity index (χ4n) is 2.60. The van der Waals surface area contributed by atoms with Crippen molar-refractivity contribution in [2.24, 2.45) is 5.73 Å². The van der Waals surface area contributed by atoms with Gasteiger partial charge in [0.1, 0.15) is 5.54 Å². The van der Waals surface area contributed by atoms with E-state index in [-0.39, 0.29) is 5.97 Å². The zero-order valence-electron chi connectivity index (χ0n) is 12.4. The Morgan fingerprint density at radius 3 is 2.95 bits per heavy atom. The molecular formula is C16H23NO2S. The van der Waals surface area contributed by atoms with Crippen molar-refractivity contribution in [2.45, 2.75) is 55.7 Å². The van der Waals surface area contributed by atoms with E-state index >= 15 is 0 Å². The molecule has 0 saturated heterocycles. The molecule has 20 heavy (non-hydrogen) atoms. The highest BCUT2D eigenvalue weighted by Crippen LogP contribution is 2.40. The molecule has 1 aromatic carbocycles. The first-order valence-corrected chi connectivity index (χ1v) is 8.02. The Hall–Kier alpha value is -1.00. The first-order chi connectivity index (χ1) is 9.44. The van der Waals surface area contributed by atoms with Gasteiger partial charge in [-0.15, -0.1) is 11.8 Å². The standard InChI is InChI=1S/C16H23NO2S/c1-4-19-15(18)16(17)8-7-13(10-16)20-14-9-11(2)5-6-12(14)3/h5-6,9,13H,4,7-8,10,17H2,1-3H3. The van der Waals surface area contributed by atoms with Gasteiger partial charge in [0.15, 0.2) is 0 Å². The molecule has 2 atom stereocenters. The first kappa shape index (κ1) is 15.4. The summed E-state index contributed by atoms with van der Waals surface area (Å²) in [4.78, 5) is 13.2. The number of carbonyl (C=O) groups is 1. The van der Waals surface area contributed by atoms with Crippen LogP contribution in [-0.2, 0) is 9.53 Å². The molecule has 0 aromatic heterocycles. The predicted octanol–water partition coefficient (Wildman–Crippen LogP) is 3.21. The SMILES string of the molecule is CCOC(=O)C1(N)CCC(Sc2cc(C)ccc2C)C1. The van der Waals surface area contributed by atoms with Gasteiger partial charge >= 0.3 is 5.97 Å². The summed E-state index contributed by atoms with van der Waals surface area (Å²) < 4.78 is 5.10. The maximum Gasteiger partial charge on any atom is 0.326 e. The number of esters is 1. The van der Waals surface area contributed by atoms with Crippen molar-refractivity contribution >= 4 is 17.7 Å². The lowest BCUT2D eigenvalue weighted by atomic mass is 10.00. The highest BCUT2D eigenvalue weighted by atomic mass is 32.2. The van der Waals surface area contributed by atoms with Crippen molar-refractivity contribution in [2.75, 3.05) is 6.61 Å². The summed E-state index contributed by atoms with van der Waals surface area (Å²) in [7, 11) is 0. The molecule has 1 fully saturated rings. The highest BCUT2D eigenvalue weighted by molar-refractivity contribution is 8.00. The number of hydrogen-bond acceptors (Lipinski definition) is 4. The fourth-order valence-corrected chi connectivity index (χ4v) is 4.09. The van der Waals surface area contributed by atoms with Gasteiger partial charge in [0.05, 0.1) is 6.61 Å². The maximum atomic E-state index is 11.9. The molecule has 3 nitrogen and oxygen atoms in total. The smallest absolute Gasteiger partial charge is 0.326 e. The largest absolute Gasteiger partial charge is 0.465 e. The minimum atomic E-state index is -0.786. The Morgan fingerprint density at radius 2 is 2.25 bits per heavy atom. The second-order valence-electron chi connectivity index (χ2n) is 5.63. The molecule has 110 valence electrons. The average molecular weight is 293 g/mol. The monoisotopic (exact) mass is 293 g/mol. The van der Waals surface area contributed by atoms with Gasteiger partial charge in [0, 0.05) is 10.1 Å².